The van der Waals surface area contributed by atoms with Gasteiger partial charge in [0, 0.05) is 69.2 Å². The van der Waals surface area contributed by atoms with Crippen molar-refractivity contribution in [2.24, 2.45) is 0 Å². The van der Waals surface area contributed by atoms with Gasteiger partial charge in [0.05, 0.1) is 21.8 Å². The standard InChI is InChI=1S/C42H28N8O/c1-3-7-29(8-4-1)49-37-21-25(11-13-31(37)33-15-17-45-47-39(33)49)27-19-35-36-20-28(24-44-42(36)51-41(35)43-23-27)26-12-14-32-34-16-18-46-48-40(34)50(38(32)22-26)30-9-5-2-6-10-30/h1-24,45-48H. The molecule has 4 aromatic carbocycles. The highest BCUT2D eigenvalue weighted by atomic mass is 16.3. The van der Waals surface area contributed by atoms with Crippen LogP contribution in [0.15, 0.2) is 138 Å². The van der Waals surface area contributed by atoms with Crippen molar-refractivity contribution in [2.45, 2.75) is 0 Å². The first-order valence-corrected chi connectivity index (χ1v) is 16.8. The molecular formula is C42H28N8O. The van der Waals surface area contributed by atoms with E-state index in [1.807, 2.05) is 36.9 Å². The van der Waals surface area contributed by atoms with Crippen LogP contribution in [0.3, 0.4) is 0 Å². The summed E-state index contributed by atoms with van der Waals surface area (Å²) in [5.74, 6) is 2.00. The molecule has 0 fully saturated rings. The largest absolute Gasteiger partial charge is 0.419 e. The summed E-state index contributed by atoms with van der Waals surface area (Å²) in [7, 11) is 0. The highest BCUT2D eigenvalue weighted by Crippen LogP contribution is 2.40. The molecule has 242 valence electrons. The van der Waals surface area contributed by atoms with E-state index in [9.17, 15) is 0 Å². The van der Waals surface area contributed by atoms with Gasteiger partial charge in [-0.05, 0) is 71.8 Å². The van der Waals surface area contributed by atoms with Gasteiger partial charge in [0.15, 0.2) is 0 Å². The lowest BCUT2D eigenvalue weighted by Crippen LogP contribution is -2.20. The average molecular weight is 661 g/mol. The number of pyridine rings is 2. The number of nitrogens with one attached hydrogen (secondary N) is 4. The highest BCUT2D eigenvalue weighted by molar-refractivity contribution is 6.06. The van der Waals surface area contributed by atoms with E-state index in [0.717, 1.165) is 78.2 Å². The number of anilines is 2. The molecule has 0 spiro atoms. The van der Waals surface area contributed by atoms with Crippen LogP contribution in [-0.2, 0) is 0 Å². The Labute approximate surface area is 291 Å². The molecule has 9 aromatic rings. The zero-order valence-corrected chi connectivity index (χ0v) is 27.1. The summed E-state index contributed by atoms with van der Waals surface area (Å²) in [4.78, 5) is 9.55. The molecule has 5 aromatic heterocycles. The summed E-state index contributed by atoms with van der Waals surface area (Å²) >= 11 is 0. The van der Waals surface area contributed by atoms with Crippen LogP contribution >= 0.6 is 0 Å². The second-order valence-electron chi connectivity index (χ2n) is 12.8. The van der Waals surface area contributed by atoms with Crippen molar-refractivity contribution in [3.8, 4) is 33.6 Å². The lowest BCUT2D eigenvalue weighted by molar-refractivity contribution is 0.640. The topological polar surface area (TPSA) is 96.9 Å². The molecule has 2 aliphatic rings. The molecule has 0 bridgehead atoms. The van der Waals surface area contributed by atoms with Gasteiger partial charge in [-0.3, -0.25) is 20.0 Å². The number of hydrogen-bond donors (Lipinski definition) is 4. The predicted octanol–water partition coefficient (Wildman–Crippen LogP) is 9.40. The summed E-state index contributed by atoms with van der Waals surface area (Å²) in [5, 5.41) is 4.18. The number of para-hydroxylation sites is 2. The maximum absolute atomic E-state index is 6.16. The Kier molecular flexibility index (Phi) is 5.76. The van der Waals surface area contributed by atoms with Crippen molar-refractivity contribution in [3.05, 3.63) is 145 Å². The third-order valence-corrected chi connectivity index (χ3v) is 9.94. The number of fused-ring (bicyclic) bond motifs is 9. The van der Waals surface area contributed by atoms with Gasteiger partial charge in [-0.1, -0.05) is 60.7 Å². The molecule has 0 amide bonds. The van der Waals surface area contributed by atoms with Crippen LogP contribution < -0.4 is 21.7 Å². The summed E-state index contributed by atoms with van der Waals surface area (Å²) < 4.78 is 10.7. The van der Waals surface area contributed by atoms with E-state index in [4.69, 9.17) is 14.4 Å². The van der Waals surface area contributed by atoms with Crippen molar-refractivity contribution >= 4 is 67.8 Å². The Morgan fingerprint density at radius 2 is 0.941 bits per heavy atom. The van der Waals surface area contributed by atoms with Crippen LogP contribution in [0.25, 0.3) is 89.8 Å². The fraction of sp³-hybridized carbons (Fsp3) is 0. The van der Waals surface area contributed by atoms with Gasteiger partial charge in [-0.25, -0.2) is 9.97 Å². The van der Waals surface area contributed by atoms with Crippen molar-refractivity contribution in [2.75, 3.05) is 10.9 Å². The van der Waals surface area contributed by atoms with Crippen LogP contribution in [0.5, 0.6) is 0 Å². The summed E-state index contributed by atoms with van der Waals surface area (Å²) in [6, 6.07) is 38.3. The molecule has 0 saturated carbocycles. The maximum Gasteiger partial charge on any atom is 0.229 e. The molecule has 0 aliphatic carbocycles. The lowest BCUT2D eigenvalue weighted by atomic mass is 10.0. The smallest absolute Gasteiger partial charge is 0.229 e. The van der Waals surface area contributed by atoms with E-state index in [1.165, 1.54) is 10.8 Å². The maximum atomic E-state index is 6.16. The molecule has 4 N–H and O–H groups in total. The third kappa shape index (κ3) is 4.15. The van der Waals surface area contributed by atoms with Crippen LogP contribution in [0, 0.1) is 0 Å². The molecule has 11 rings (SSSR count). The van der Waals surface area contributed by atoms with Gasteiger partial charge in [0.25, 0.3) is 0 Å². The van der Waals surface area contributed by atoms with E-state index < -0.39 is 0 Å². The van der Waals surface area contributed by atoms with E-state index in [-0.39, 0.29) is 0 Å². The number of nitrogens with zero attached hydrogens (tertiary/aromatic N) is 4. The molecule has 0 saturated heterocycles. The molecule has 7 heterocycles. The van der Waals surface area contributed by atoms with Crippen LogP contribution in [0.4, 0.5) is 11.6 Å². The van der Waals surface area contributed by atoms with Crippen LogP contribution in [-0.4, -0.2) is 19.1 Å². The van der Waals surface area contributed by atoms with E-state index in [1.54, 1.807) is 0 Å². The van der Waals surface area contributed by atoms with Gasteiger partial charge in [-0.2, -0.15) is 0 Å². The summed E-state index contributed by atoms with van der Waals surface area (Å²) in [5.41, 5.74) is 24.9. The van der Waals surface area contributed by atoms with Gasteiger partial charge in [0.2, 0.25) is 11.4 Å². The Balaban J connectivity index is 1.05. The fourth-order valence-electron chi connectivity index (χ4n) is 7.59. The van der Waals surface area contributed by atoms with Gasteiger partial charge < -0.3 is 15.3 Å². The number of rotatable bonds is 4. The number of benzene rings is 4. The van der Waals surface area contributed by atoms with Crippen LogP contribution in [0.2, 0.25) is 0 Å². The first-order chi connectivity index (χ1) is 25.3. The normalized spacial score (nSPS) is 13.2. The quantitative estimate of drug-likeness (QED) is 0.149. The Morgan fingerprint density at radius 1 is 0.471 bits per heavy atom. The fourth-order valence-corrected chi connectivity index (χ4v) is 7.59. The second kappa shape index (κ2) is 10.6. The van der Waals surface area contributed by atoms with Crippen molar-refractivity contribution < 1.29 is 4.42 Å². The Hall–Kier alpha value is -7.26. The van der Waals surface area contributed by atoms with E-state index >= 15 is 0 Å². The van der Waals surface area contributed by atoms with Gasteiger partial charge >= 0.3 is 0 Å². The summed E-state index contributed by atoms with van der Waals surface area (Å²) in [6.45, 7) is 0. The molecule has 0 unspecified atom stereocenters. The van der Waals surface area contributed by atoms with Crippen molar-refractivity contribution in [1.29, 1.82) is 0 Å². The Morgan fingerprint density at radius 3 is 1.41 bits per heavy atom. The number of hydrazine groups is 2. The van der Waals surface area contributed by atoms with Gasteiger partial charge in [-0.15, -0.1) is 0 Å². The lowest BCUT2D eigenvalue weighted by Gasteiger charge is -2.16. The minimum Gasteiger partial charge on any atom is -0.419 e. The van der Waals surface area contributed by atoms with Crippen molar-refractivity contribution in [1.82, 2.24) is 30.0 Å². The first kappa shape index (κ1) is 27.7. The monoisotopic (exact) mass is 660 g/mol. The molecule has 51 heavy (non-hydrogen) atoms. The zero-order chi connectivity index (χ0) is 33.5. The van der Waals surface area contributed by atoms with Gasteiger partial charge in [0.1, 0.15) is 11.6 Å². The number of hydrogen-bond acceptors (Lipinski definition) is 7. The molecular weight excluding hydrogens is 633 g/mol. The second-order valence-corrected chi connectivity index (χ2v) is 12.8. The van der Waals surface area contributed by atoms with Crippen LogP contribution in [0.1, 0.15) is 11.1 Å². The van der Waals surface area contributed by atoms with Crippen molar-refractivity contribution in [3.63, 3.8) is 0 Å². The average Bonchev–Trinajstić information content (AvgIpc) is 3.85. The SMILES string of the molecule is C1=Cc2c(n(-c3ccccc3)c3cc(-c4cnc5oc6ncc(-c7ccc8c9c(n(-c%10ccccc%10)c8c7)NNC=C9)cc6c5c4)ccc23)NN1. The number of aromatic nitrogens is 4. The molecule has 0 atom stereocenters. The minimum atomic E-state index is 0.564. The number of furan rings is 1. The first-order valence-electron chi connectivity index (χ1n) is 16.8. The molecule has 9 nitrogen and oxygen atoms in total. The summed E-state index contributed by atoms with van der Waals surface area (Å²) in [6.07, 6.45) is 11.8. The molecule has 0 radical (unpaired) electrons. The molecule has 2 aliphatic heterocycles. The highest BCUT2D eigenvalue weighted by Gasteiger charge is 2.22. The zero-order valence-electron chi connectivity index (χ0n) is 27.1. The molecule has 9 heteroatoms. The van der Waals surface area contributed by atoms with E-state index in [0.29, 0.717) is 11.4 Å². The minimum absolute atomic E-state index is 0.564. The third-order valence-electron chi connectivity index (χ3n) is 9.94. The van der Waals surface area contributed by atoms with E-state index in [2.05, 4.69) is 140 Å². The Bertz CT molecular complexity index is 2720. The predicted molar refractivity (Wildman–Crippen MR) is 205 cm³/mol.